The van der Waals surface area contributed by atoms with E-state index >= 15 is 0 Å². The second-order valence-electron chi connectivity index (χ2n) is 5.73. The summed E-state index contributed by atoms with van der Waals surface area (Å²) in [6, 6.07) is 10.9. The average Bonchev–Trinajstić information content (AvgIpc) is 2.78. The van der Waals surface area contributed by atoms with Crippen LogP contribution in [0.3, 0.4) is 0 Å². The first-order chi connectivity index (χ1) is 13.9. The molecule has 0 atom stereocenters. The monoisotopic (exact) mass is 372 g/mol. The zero-order chi connectivity index (χ0) is 19.0. The lowest BCUT2D eigenvalue weighted by molar-refractivity contribution is 0.300. The van der Waals surface area contributed by atoms with Gasteiger partial charge in [0.05, 0.1) is 22.8 Å². The van der Waals surface area contributed by atoms with E-state index in [1.165, 1.54) is 12.7 Å². The molecule has 0 fully saturated rings. The van der Waals surface area contributed by atoms with E-state index in [0.29, 0.717) is 36.1 Å². The standard InChI is InChI=1S/C20H16N6O2/c1-5-21-13-25-15(1)11-27-17-3-7-23-19(9-17)20-10-18(4-8-24-20)28-12-16-2-6-22-14-26-16/h1-10,13-14H,11-12H2. The van der Waals surface area contributed by atoms with Crippen LogP contribution in [0.4, 0.5) is 0 Å². The maximum Gasteiger partial charge on any atom is 0.130 e. The van der Waals surface area contributed by atoms with Crippen molar-refractivity contribution in [2.24, 2.45) is 0 Å². The van der Waals surface area contributed by atoms with E-state index in [1.54, 1.807) is 36.9 Å². The number of hydrogen-bond acceptors (Lipinski definition) is 8. The van der Waals surface area contributed by atoms with Gasteiger partial charge in [0.25, 0.3) is 0 Å². The third-order valence-electron chi connectivity index (χ3n) is 3.79. The van der Waals surface area contributed by atoms with E-state index in [2.05, 4.69) is 29.9 Å². The molecule has 4 heterocycles. The minimum Gasteiger partial charge on any atom is -0.487 e. The molecule has 0 bridgehead atoms. The van der Waals surface area contributed by atoms with Gasteiger partial charge in [-0.3, -0.25) is 9.97 Å². The molecule has 4 rings (SSSR count). The Balaban J connectivity index is 1.45. The van der Waals surface area contributed by atoms with E-state index in [9.17, 15) is 0 Å². The van der Waals surface area contributed by atoms with Gasteiger partial charge in [-0.05, 0) is 24.3 Å². The fraction of sp³-hybridized carbons (Fsp3) is 0.100. The molecule has 0 saturated heterocycles. The van der Waals surface area contributed by atoms with Crippen LogP contribution in [0.1, 0.15) is 11.4 Å². The van der Waals surface area contributed by atoms with E-state index < -0.39 is 0 Å². The van der Waals surface area contributed by atoms with Crippen LogP contribution in [0, 0.1) is 0 Å². The third kappa shape index (κ3) is 4.61. The molecule has 0 spiro atoms. The van der Waals surface area contributed by atoms with Gasteiger partial charge >= 0.3 is 0 Å². The molecule has 28 heavy (non-hydrogen) atoms. The smallest absolute Gasteiger partial charge is 0.130 e. The summed E-state index contributed by atoms with van der Waals surface area (Å²) in [7, 11) is 0. The summed E-state index contributed by atoms with van der Waals surface area (Å²) >= 11 is 0. The molecule has 0 aliphatic carbocycles. The Bertz CT molecular complexity index is 946. The highest BCUT2D eigenvalue weighted by Gasteiger charge is 2.06. The van der Waals surface area contributed by atoms with Gasteiger partial charge in [-0.25, -0.2) is 19.9 Å². The first-order valence-corrected chi connectivity index (χ1v) is 8.55. The van der Waals surface area contributed by atoms with Gasteiger partial charge in [-0.2, -0.15) is 0 Å². The lowest BCUT2D eigenvalue weighted by Crippen LogP contribution is -2.00. The molecule has 0 unspecified atom stereocenters. The molecule has 0 N–H and O–H groups in total. The van der Waals surface area contributed by atoms with Crippen molar-refractivity contribution in [1.82, 2.24) is 29.9 Å². The lowest BCUT2D eigenvalue weighted by atomic mass is 10.2. The van der Waals surface area contributed by atoms with Crippen LogP contribution in [0.25, 0.3) is 11.4 Å². The van der Waals surface area contributed by atoms with Crippen molar-refractivity contribution >= 4 is 0 Å². The van der Waals surface area contributed by atoms with Crippen molar-refractivity contribution in [2.75, 3.05) is 0 Å². The average molecular weight is 372 g/mol. The Morgan fingerprint density at radius 1 is 0.571 bits per heavy atom. The molecule has 0 radical (unpaired) electrons. The molecular formula is C20H16N6O2. The van der Waals surface area contributed by atoms with Crippen molar-refractivity contribution in [1.29, 1.82) is 0 Å². The quantitative estimate of drug-likeness (QED) is 0.489. The van der Waals surface area contributed by atoms with Gasteiger partial charge in [-0.1, -0.05) is 0 Å². The summed E-state index contributed by atoms with van der Waals surface area (Å²) in [5.74, 6) is 1.36. The van der Waals surface area contributed by atoms with E-state index in [0.717, 1.165) is 11.4 Å². The second-order valence-corrected chi connectivity index (χ2v) is 5.73. The minimum atomic E-state index is 0.349. The molecule has 0 amide bonds. The zero-order valence-corrected chi connectivity index (χ0v) is 14.8. The predicted octanol–water partition coefficient (Wildman–Crippen LogP) is 2.88. The van der Waals surface area contributed by atoms with E-state index in [1.807, 2.05) is 24.3 Å². The number of nitrogens with zero attached hydrogens (tertiary/aromatic N) is 6. The van der Waals surface area contributed by atoms with Gasteiger partial charge < -0.3 is 9.47 Å². The molecular weight excluding hydrogens is 356 g/mol. The Labute approximate surface area is 161 Å². The molecule has 0 saturated carbocycles. The van der Waals surface area contributed by atoms with Crippen LogP contribution in [0.5, 0.6) is 11.5 Å². The minimum absolute atomic E-state index is 0.349. The summed E-state index contributed by atoms with van der Waals surface area (Å²) in [5, 5.41) is 0. The molecule has 138 valence electrons. The Morgan fingerprint density at radius 2 is 1.07 bits per heavy atom. The molecule has 4 aromatic heterocycles. The molecule has 0 aliphatic heterocycles. The van der Waals surface area contributed by atoms with Crippen LogP contribution >= 0.6 is 0 Å². The largest absolute Gasteiger partial charge is 0.487 e. The molecule has 8 nitrogen and oxygen atoms in total. The van der Waals surface area contributed by atoms with Crippen LogP contribution in [0.2, 0.25) is 0 Å². The van der Waals surface area contributed by atoms with Gasteiger partial charge in [0, 0.05) is 36.9 Å². The molecule has 0 aromatic carbocycles. The summed E-state index contributed by atoms with van der Waals surface area (Å²) < 4.78 is 11.6. The number of aromatic nitrogens is 6. The zero-order valence-electron chi connectivity index (χ0n) is 14.8. The van der Waals surface area contributed by atoms with E-state index in [-0.39, 0.29) is 0 Å². The summed E-state index contributed by atoms with van der Waals surface area (Å²) in [4.78, 5) is 24.8. The lowest BCUT2D eigenvalue weighted by Gasteiger charge is -2.09. The fourth-order valence-electron chi connectivity index (χ4n) is 2.40. The normalized spacial score (nSPS) is 10.4. The van der Waals surface area contributed by atoms with Crippen LogP contribution < -0.4 is 9.47 Å². The highest BCUT2D eigenvalue weighted by molar-refractivity contribution is 5.57. The van der Waals surface area contributed by atoms with Crippen molar-refractivity contribution in [3.05, 3.63) is 85.2 Å². The second kappa shape index (κ2) is 8.63. The number of ether oxygens (including phenoxy) is 2. The van der Waals surface area contributed by atoms with Crippen molar-refractivity contribution in [3.8, 4) is 22.9 Å². The maximum absolute atomic E-state index is 5.79. The highest BCUT2D eigenvalue weighted by Crippen LogP contribution is 2.23. The Morgan fingerprint density at radius 3 is 1.50 bits per heavy atom. The van der Waals surface area contributed by atoms with Crippen molar-refractivity contribution in [2.45, 2.75) is 13.2 Å². The molecule has 8 heteroatoms. The van der Waals surface area contributed by atoms with Gasteiger partial charge in [0.1, 0.15) is 37.4 Å². The van der Waals surface area contributed by atoms with Crippen LogP contribution in [0.15, 0.2) is 73.8 Å². The Hall–Kier alpha value is -3.94. The maximum atomic E-state index is 5.79. The first kappa shape index (κ1) is 17.5. The molecule has 4 aromatic rings. The van der Waals surface area contributed by atoms with Gasteiger partial charge in [0.15, 0.2) is 0 Å². The Kier molecular flexibility index (Phi) is 5.39. The number of hydrogen-bond donors (Lipinski definition) is 0. The van der Waals surface area contributed by atoms with Gasteiger partial charge in [-0.15, -0.1) is 0 Å². The fourth-order valence-corrected chi connectivity index (χ4v) is 2.40. The van der Waals surface area contributed by atoms with Crippen molar-refractivity contribution in [3.63, 3.8) is 0 Å². The number of pyridine rings is 2. The number of rotatable bonds is 7. The summed E-state index contributed by atoms with van der Waals surface area (Å²) in [6.45, 7) is 0.697. The van der Waals surface area contributed by atoms with Gasteiger partial charge in [0.2, 0.25) is 0 Å². The van der Waals surface area contributed by atoms with E-state index in [4.69, 9.17) is 9.47 Å². The van der Waals surface area contributed by atoms with Crippen LogP contribution in [-0.4, -0.2) is 29.9 Å². The topological polar surface area (TPSA) is 95.8 Å². The summed E-state index contributed by atoms with van der Waals surface area (Å²) in [5.41, 5.74) is 2.97. The van der Waals surface area contributed by atoms with Crippen LogP contribution in [-0.2, 0) is 13.2 Å². The molecule has 0 aliphatic rings. The SMILES string of the molecule is c1cc(COc2ccnc(-c3cc(OCc4ccncn4)ccn3)c2)ncn1. The van der Waals surface area contributed by atoms with Crippen molar-refractivity contribution < 1.29 is 9.47 Å². The highest BCUT2D eigenvalue weighted by atomic mass is 16.5. The summed E-state index contributed by atoms with van der Waals surface area (Å²) in [6.07, 6.45) is 9.71. The third-order valence-corrected chi connectivity index (χ3v) is 3.79. The predicted molar refractivity (Wildman–Crippen MR) is 100 cm³/mol. The first-order valence-electron chi connectivity index (χ1n) is 8.55.